The van der Waals surface area contributed by atoms with Crippen LogP contribution in [0.5, 0.6) is 0 Å². The Hall–Kier alpha value is -0.980. The monoisotopic (exact) mass is 187 g/mol. The summed E-state index contributed by atoms with van der Waals surface area (Å²) in [5.74, 6) is 1.04. The van der Waals surface area contributed by atoms with Gasteiger partial charge in [-0.25, -0.2) is 0 Å². The fourth-order valence-electron chi connectivity index (χ4n) is 2.43. The molecular weight excluding hydrogens is 170 g/mol. The van der Waals surface area contributed by atoms with E-state index in [2.05, 4.69) is 29.6 Å². The molecule has 1 atom stereocenters. The molecule has 0 radical (unpaired) electrons. The van der Waals surface area contributed by atoms with Crippen LogP contribution in [0.1, 0.15) is 31.2 Å². The fourth-order valence-corrected chi connectivity index (χ4v) is 2.43. The standard InChI is InChI=1S/C13H17N/c1-2-4-13-11(3-1)7-8-12(14-13)9-10-5-6-10/h1-4,10,12,14H,5-9H2. The Bertz CT molecular complexity index is 328. The highest BCUT2D eigenvalue weighted by Crippen LogP contribution is 2.36. The van der Waals surface area contributed by atoms with Crippen LogP contribution >= 0.6 is 0 Å². The predicted molar refractivity (Wildman–Crippen MR) is 59.5 cm³/mol. The molecule has 1 heterocycles. The minimum Gasteiger partial charge on any atom is -0.382 e. The molecule has 0 bridgehead atoms. The molecule has 1 N–H and O–H groups in total. The molecule has 0 amide bonds. The highest BCUT2D eigenvalue weighted by molar-refractivity contribution is 5.53. The smallest absolute Gasteiger partial charge is 0.0374 e. The molecule has 1 aromatic rings. The highest BCUT2D eigenvalue weighted by Gasteiger charge is 2.27. The van der Waals surface area contributed by atoms with Gasteiger partial charge in [0.2, 0.25) is 0 Å². The Kier molecular flexibility index (Phi) is 1.97. The van der Waals surface area contributed by atoms with Gasteiger partial charge in [-0.2, -0.15) is 0 Å². The molecule has 1 aliphatic carbocycles. The van der Waals surface area contributed by atoms with Crippen LogP contribution in [0.15, 0.2) is 24.3 Å². The first-order chi connectivity index (χ1) is 6.92. The third-order valence-electron chi connectivity index (χ3n) is 3.45. The Morgan fingerprint density at radius 1 is 1.14 bits per heavy atom. The molecule has 1 unspecified atom stereocenters. The van der Waals surface area contributed by atoms with Crippen molar-refractivity contribution in [2.75, 3.05) is 5.32 Å². The van der Waals surface area contributed by atoms with Gasteiger partial charge in [0, 0.05) is 11.7 Å². The van der Waals surface area contributed by atoms with E-state index in [0.717, 1.165) is 12.0 Å². The average molecular weight is 187 g/mol. The van der Waals surface area contributed by atoms with Crippen molar-refractivity contribution in [3.05, 3.63) is 29.8 Å². The summed E-state index contributed by atoms with van der Waals surface area (Å²) in [5.41, 5.74) is 2.88. The van der Waals surface area contributed by atoms with Crippen molar-refractivity contribution >= 4 is 5.69 Å². The first-order valence-electron chi connectivity index (χ1n) is 5.76. The maximum atomic E-state index is 3.67. The van der Waals surface area contributed by atoms with E-state index in [9.17, 15) is 0 Å². The first kappa shape index (κ1) is 8.34. The number of fused-ring (bicyclic) bond motifs is 1. The summed E-state index contributed by atoms with van der Waals surface area (Å²) in [5, 5.41) is 3.67. The molecule has 3 rings (SSSR count). The number of rotatable bonds is 2. The van der Waals surface area contributed by atoms with Crippen LogP contribution < -0.4 is 5.32 Å². The van der Waals surface area contributed by atoms with E-state index < -0.39 is 0 Å². The van der Waals surface area contributed by atoms with Gasteiger partial charge in [0.25, 0.3) is 0 Å². The summed E-state index contributed by atoms with van der Waals surface area (Å²) >= 11 is 0. The second kappa shape index (κ2) is 3.30. The van der Waals surface area contributed by atoms with Crippen molar-refractivity contribution < 1.29 is 0 Å². The number of nitrogens with one attached hydrogen (secondary N) is 1. The first-order valence-corrected chi connectivity index (χ1v) is 5.76. The lowest BCUT2D eigenvalue weighted by molar-refractivity contribution is 0.551. The van der Waals surface area contributed by atoms with Crippen molar-refractivity contribution in [2.24, 2.45) is 5.92 Å². The van der Waals surface area contributed by atoms with Crippen molar-refractivity contribution in [2.45, 2.75) is 38.1 Å². The molecular formula is C13H17N. The quantitative estimate of drug-likeness (QED) is 0.749. The Morgan fingerprint density at radius 3 is 2.86 bits per heavy atom. The van der Waals surface area contributed by atoms with Crippen LogP contribution in [0, 0.1) is 5.92 Å². The third kappa shape index (κ3) is 1.63. The van der Waals surface area contributed by atoms with E-state index in [-0.39, 0.29) is 0 Å². The van der Waals surface area contributed by atoms with Gasteiger partial charge >= 0.3 is 0 Å². The molecule has 1 heteroatoms. The molecule has 1 saturated carbocycles. The third-order valence-corrected chi connectivity index (χ3v) is 3.45. The molecule has 0 aromatic heterocycles. The normalized spacial score (nSPS) is 25.3. The van der Waals surface area contributed by atoms with Gasteiger partial charge in [-0.3, -0.25) is 0 Å². The lowest BCUT2D eigenvalue weighted by Crippen LogP contribution is -2.25. The van der Waals surface area contributed by atoms with Crippen LogP contribution in [-0.4, -0.2) is 6.04 Å². The molecule has 0 saturated heterocycles. The molecule has 1 aliphatic heterocycles. The number of aryl methyl sites for hydroxylation is 1. The van der Waals surface area contributed by atoms with Gasteiger partial charge in [-0.15, -0.1) is 0 Å². The van der Waals surface area contributed by atoms with E-state index in [1.165, 1.54) is 43.4 Å². The van der Waals surface area contributed by atoms with Crippen LogP contribution in [0.3, 0.4) is 0 Å². The second-order valence-corrected chi connectivity index (χ2v) is 4.72. The number of benzene rings is 1. The van der Waals surface area contributed by atoms with Gasteiger partial charge in [0.1, 0.15) is 0 Å². The zero-order chi connectivity index (χ0) is 9.38. The van der Waals surface area contributed by atoms with Crippen LogP contribution in [0.2, 0.25) is 0 Å². The van der Waals surface area contributed by atoms with Crippen molar-refractivity contribution in [1.82, 2.24) is 0 Å². The zero-order valence-corrected chi connectivity index (χ0v) is 8.50. The highest BCUT2D eigenvalue weighted by atomic mass is 14.9. The molecule has 1 aromatic carbocycles. The fraction of sp³-hybridized carbons (Fsp3) is 0.538. The van der Waals surface area contributed by atoms with Gasteiger partial charge in [-0.05, 0) is 36.8 Å². The van der Waals surface area contributed by atoms with Gasteiger partial charge < -0.3 is 5.32 Å². The number of anilines is 1. The van der Waals surface area contributed by atoms with E-state index in [4.69, 9.17) is 0 Å². The van der Waals surface area contributed by atoms with Crippen molar-refractivity contribution in [3.63, 3.8) is 0 Å². The Morgan fingerprint density at radius 2 is 2.00 bits per heavy atom. The van der Waals surface area contributed by atoms with Gasteiger partial charge in [0.05, 0.1) is 0 Å². The minimum absolute atomic E-state index is 0.748. The Balaban J connectivity index is 1.72. The summed E-state index contributed by atoms with van der Waals surface area (Å²) in [6, 6.07) is 9.48. The topological polar surface area (TPSA) is 12.0 Å². The SMILES string of the molecule is c1ccc2c(c1)CCC(CC1CC1)N2. The maximum absolute atomic E-state index is 3.67. The number of para-hydroxylation sites is 1. The average Bonchev–Trinajstić information content (AvgIpc) is 3.02. The summed E-state index contributed by atoms with van der Waals surface area (Å²) in [7, 11) is 0. The predicted octanol–water partition coefficient (Wildman–Crippen LogP) is 3.21. The Labute approximate surface area is 85.5 Å². The summed E-state index contributed by atoms with van der Waals surface area (Å²) in [4.78, 5) is 0. The zero-order valence-electron chi connectivity index (χ0n) is 8.50. The second-order valence-electron chi connectivity index (χ2n) is 4.72. The molecule has 1 fully saturated rings. The molecule has 1 nitrogen and oxygen atoms in total. The van der Waals surface area contributed by atoms with E-state index in [1.807, 2.05) is 0 Å². The largest absolute Gasteiger partial charge is 0.382 e. The lowest BCUT2D eigenvalue weighted by atomic mass is 9.95. The van der Waals surface area contributed by atoms with Crippen molar-refractivity contribution in [1.29, 1.82) is 0 Å². The maximum Gasteiger partial charge on any atom is 0.0374 e. The molecule has 0 spiro atoms. The molecule has 14 heavy (non-hydrogen) atoms. The minimum atomic E-state index is 0.748. The summed E-state index contributed by atoms with van der Waals surface area (Å²) in [6.45, 7) is 0. The van der Waals surface area contributed by atoms with Crippen LogP contribution in [0.4, 0.5) is 5.69 Å². The number of hydrogen-bond acceptors (Lipinski definition) is 1. The van der Waals surface area contributed by atoms with Crippen molar-refractivity contribution in [3.8, 4) is 0 Å². The van der Waals surface area contributed by atoms with Crippen LogP contribution in [0.25, 0.3) is 0 Å². The lowest BCUT2D eigenvalue weighted by Gasteiger charge is -2.27. The van der Waals surface area contributed by atoms with Crippen LogP contribution in [-0.2, 0) is 6.42 Å². The summed E-state index contributed by atoms with van der Waals surface area (Å²) in [6.07, 6.45) is 6.93. The molecule has 74 valence electrons. The summed E-state index contributed by atoms with van der Waals surface area (Å²) < 4.78 is 0. The van der Waals surface area contributed by atoms with Gasteiger partial charge in [-0.1, -0.05) is 31.0 Å². The van der Waals surface area contributed by atoms with E-state index >= 15 is 0 Å². The molecule has 2 aliphatic rings. The van der Waals surface area contributed by atoms with Gasteiger partial charge in [0.15, 0.2) is 0 Å². The number of hydrogen-bond donors (Lipinski definition) is 1. The van der Waals surface area contributed by atoms with E-state index in [1.54, 1.807) is 0 Å². The van der Waals surface area contributed by atoms with E-state index in [0.29, 0.717) is 0 Å².